The number of hydrogen-bond donors (Lipinski definition) is 1. The van der Waals surface area contributed by atoms with Gasteiger partial charge in [0.2, 0.25) is 5.91 Å². The molecule has 0 unspecified atom stereocenters. The fourth-order valence-corrected chi connectivity index (χ4v) is 2.87. The van der Waals surface area contributed by atoms with Crippen LogP contribution in [0, 0.1) is 0 Å². The molecule has 1 aliphatic rings. The zero-order chi connectivity index (χ0) is 13.8. The van der Waals surface area contributed by atoms with E-state index in [0.717, 1.165) is 23.9 Å². The summed E-state index contributed by atoms with van der Waals surface area (Å²) in [5, 5.41) is 11.3. The maximum Gasteiger partial charge on any atom is 0.242 e. The Labute approximate surface area is 118 Å². The third-order valence-electron chi connectivity index (χ3n) is 3.93. The predicted molar refractivity (Wildman–Crippen MR) is 77.2 cm³/mol. The Balaban J connectivity index is 1.63. The first-order valence-electron chi connectivity index (χ1n) is 7.40. The molecule has 0 bridgehead atoms. The van der Waals surface area contributed by atoms with Crippen molar-refractivity contribution in [1.29, 1.82) is 0 Å². The van der Waals surface area contributed by atoms with Crippen molar-refractivity contribution >= 4 is 16.9 Å². The molecule has 0 atom stereocenters. The molecule has 5 heteroatoms. The zero-order valence-electron chi connectivity index (χ0n) is 11.6. The minimum atomic E-state index is 0.0348. The molecule has 1 heterocycles. The minimum absolute atomic E-state index is 0.0348. The van der Waals surface area contributed by atoms with Gasteiger partial charge in [-0.2, -0.15) is 0 Å². The van der Waals surface area contributed by atoms with E-state index in [0.29, 0.717) is 6.04 Å². The van der Waals surface area contributed by atoms with Crippen LogP contribution in [0.5, 0.6) is 0 Å². The van der Waals surface area contributed by atoms with E-state index in [1.54, 1.807) is 4.68 Å². The Morgan fingerprint density at radius 2 is 1.95 bits per heavy atom. The van der Waals surface area contributed by atoms with Crippen LogP contribution in [0.3, 0.4) is 0 Å². The summed E-state index contributed by atoms with van der Waals surface area (Å²) < 4.78 is 1.67. The van der Waals surface area contributed by atoms with Gasteiger partial charge in [0.25, 0.3) is 0 Å². The summed E-state index contributed by atoms with van der Waals surface area (Å²) in [6.45, 7) is 0.247. The third-order valence-corrected chi connectivity index (χ3v) is 3.93. The van der Waals surface area contributed by atoms with Crippen LogP contribution >= 0.6 is 0 Å². The summed E-state index contributed by atoms with van der Waals surface area (Å²) in [7, 11) is 0. The molecule has 1 saturated carbocycles. The summed E-state index contributed by atoms with van der Waals surface area (Å²) in [6, 6.07) is 8.04. The summed E-state index contributed by atoms with van der Waals surface area (Å²) in [6.07, 6.45) is 7.22. The van der Waals surface area contributed by atoms with E-state index < -0.39 is 0 Å². The zero-order valence-corrected chi connectivity index (χ0v) is 11.6. The molecular weight excluding hydrogens is 252 g/mol. The van der Waals surface area contributed by atoms with E-state index in [1.165, 1.54) is 25.7 Å². The number of carbonyl (C=O) groups excluding carboxylic acids is 1. The normalized spacial score (nSPS) is 17.0. The average Bonchev–Trinajstić information content (AvgIpc) is 2.68. The Morgan fingerprint density at radius 1 is 1.20 bits per heavy atom. The summed E-state index contributed by atoms with van der Waals surface area (Å²) >= 11 is 0. The first kappa shape index (κ1) is 13.1. The second kappa shape index (κ2) is 6.03. The Hall–Kier alpha value is -1.91. The quantitative estimate of drug-likeness (QED) is 0.872. The average molecular weight is 272 g/mol. The highest BCUT2D eigenvalue weighted by Crippen LogP contribution is 2.17. The smallest absolute Gasteiger partial charge is 0.242 e. The molecular formula is C15H20N4O. The Morgan fingerprint density at radius 3 is 2.75 bits per heavy atom. The van der Waals surface area contributed by atoms with Gasteiger partial charge in [0.05, 0.1) is 5.52 Å². The van der Waals surface area contributed by atoms with Crippen LogP contribution in [0.15, 0.2) is 24.3 Å². The highest BCUT2D eigenvalue weighted by molar-refractivity contribution is 5.79. The standard InChI is InChI=1S/C15H20N4O/c20-15(16-12-7-3-1-2-4-8-12)11-19-14-10-6-5-9-13(14)17-18-19/h5-6,9-10,12H,1-4,7-8,11H2,(H,16,20). The molecule has 1 aromatic heterocycles. The van der Waals surface area contributed by atoms with E-state index in [4.69, 9.17) is 0 Å². The molecule has 1 N–H and O–H groups in total. The number of aromatic nitrogens is 3. The predicted octanol–water partition coefficient (Wildman–Crippen LogP) is 2.27. The lowest BCUT2D eigenvalue weighted by Crippen LogP contribution is -2.36. The monoisotopic (exact) mass is 272 g/mol. The highest BCUT2D eigenvalue weighted by atomic mass is 16.2. The molecule has 20 heavy (non-hydrogen) atoms. The van der Waals surface area contributed by atoms with E-state index in [-0.39, 0.29) is 12.5 Å². The lowest BCUT2D eigenvalue weighted by Gasteiger charge is -2.16. The van der Waals surface area contributed by atoms with Crippen LogP contribution in [-0.2, 0) is 11.3 Å². The van der Waals surface area contributed by atoms with Crippen LogP contribution in [0.25, 0.3) is 11.0 Å². The highest BCUT2D eigenvalue weighted by Gasteiger charge is 2.15. The first-order chi connectivity index (χ1) is 9.83. The second-order valence-corrected chi connectivity index (χ2v) is 5.49. The van der Waals surface area contributed by atoms with E-state index in [1.807, 2.05) is 24.3 Å². The largest absolute Gasteiger partial charge is 0.352 e. The molecule has 0 radical (unpaired) electrons. The van der Waals surface area contributed by atoms with Crippen molar-refractivity contribution < 1.29 is 4.79 Å². The van der Waals surface area contributed by atoms with Gasteiger partial charge in [0.1, 0.15) is 12.1 Å². The Bertz CT molecular complexity index is 584. The molecule has 1 amide bonds. The lowest BCUT2D eigenvalue weighted by molar-refractivity contribution is -0.122. The molecule has 2 aromatic rings. The number of hydrogen-bond acceptors (Lipinski definition) is 3. The molecule has 0 spiro atoms. The first-order valence-corrected chi connectivity index (χ1v) is 7.40. The van der Waals surface area contributed by atoms with Crippen molar-refractivity contribution in [3.05, 3.63) is 24.3 Å². The van der Waals surface area contributed by atoms with Crippen molar-refractivity contribution in [2.24, 2.45) is 0 Å². The van der Waals surface area contributed by atoms with Gasteiger partial charge in [-0.3, -0.25) is 4.79 Å². The van der Waals surface area contributed by atoms with Crippen molar-refractivity contribution in [2.45, 2.75) is 51.1 Å². The van der Waals surface area contributed by atoms with Crippen molar-refractivity contribution in [2.75, 3.05) is 0 Å². The molecule has 3 rings (SSSR count). The number of nitrogens with one attached hydrogen (secondary N) is 1. The fraction of sp³-hybridized carbons (Fsp3) is 0.533. The topological polar surface area (TPSA) is 59.8 Å². The second-order valence-electron chi connectivity index (χ2n) is 5.49. The number of benzene rings is 1. The number of rotatable bonds is 3. The van der Waals surface area contributed by atoms with Crippen LogP contribution in [0.1, 0.15) is 38.5 Å². The van der Waals surface area contributed by atoms with Crippen LogP contribution in [-0.4, -0.2) is 26.9 Å². The maximum absolute atomic E-state index is 12.1. The van der Waals surface area contributed by atoms with Gasteiger partial charge in [0, 0.05) is 6.04 Å². The molecule has 1 aromatic carbocycles. The number of nitrogens with zero attached hydrogens (tertiary/aromatic N) is 3. The van der Waals surface area contributed by atoms with Gasteiger partial charge in [0.15, 0.2) is 0 Å². The SMILES string of the molecule is O=C(Cn1nnc2ccccc21)NC1CCCCCC1. The van der Waals surface area contributed by atoms with Crippen LogP contribution in [0.4, 0.5) is 0 Å². The van der Waals surface area contributed by atoms with Gasteiger partial charge in [-0.25, -0.2) is 4.68 Å². The van der Waals surface area contributed by atoms with Gasteiger partial charge in [-0.15, -0.1) is 5.10 Å². The third kappa shape index (κ3) is 2.98. The van der Waals surface area contributed by atoms with Gasteiger partial charge < -0.3 is 5.32 Å². The lowest BCUT2D eigenvalue weighted by atomic mass is 10.1. The van der Waals surface area contributed by atoms with Crippen molar-refractivity contribution in [3.8, 4) is 0 Å². The van der Waals surface area contributed by atoms with Crippen molar-refractivity contribution in [1.82, 2.24) is 20.3 Å². The number of para-hydroxylation sites is 1. The van der Waals surface area contributed by atoms with Crippen LogP contribution < -0.4 is 5.32 Å². The number of amides is 1. The minimum Gasteiger partial charge on any atom is -0.352 e. The molecule has 1 aliphatic carbocycles. The van der Waals surface area contributed by atoms with Gasteiger partial charge in [-0.1, -0.05) is 43.0 Å². The molecule has 106 valence electrons. The van der Waals surface area contributed by atoms with Gasteiger partial charge in [-0.05, 0) is 25.0 Å². The van der Waals surface area contributed by atoms with E-state index in [9.17, 15) is 4.79 Å². The van der Waals surface area contributed by atoms with Gasteiger partial charge >= 0.3 is 0 Å². The van der Waals surface area contributed by atoms with Crippen LogP contribution in [0.2, 0.25) is 0 Å². The molecule has 0 saturated heterocycles. The Kier molecular flexibility index (Phi) is 3.95. The fourth-order valence-electron chi connectivity index (χ4n) is 2.87. The van der Waals surface area contributed by atoms with E-state index in [2.05, 4.69) is 15.6 Å². The molecule has 1 fully saturated rings. The summed E-state index contributed by atoms with van der Waals surface area (Å²) in [4.78, 5) is 12.1. The number of carbonyl (C=O) groups is 1. The molecule has 5 nitrogen and oxygen atoms in total. The maximum atomic E-state index is 12.1. The molecule has 0 aliphatic heterocycles. The van der Waals surface area contributed by atoms with Crippen molar-refractivity contribution in [3.63, 3.8) is 0 Å². The summed E-state index contributed by atoms with van der Waals surface area (Å²) in [5.74, 6) is 0.0348. The van der Waals surface area contributed by atoms with E-state index >= 15 is 0 Å². The summed E-state index contributed by atoms with van der Waals surface area (Å²) in [5.41, 5.74) is 1.73. The number of fused-ring (bicyclic) bond motifs is 1.